The Balaban J connectivity index is 0.000000227. The summed E-state index contributed by atoms with van der Waals surface area (Å²) in [5, 5.41) is 12.0. The van der Waals surface area contributed by atoms with Crippen molar-refractivity contribution in [2.75, 3.05) is 38.2 Å². The van der Waals surface area contributed by atoms with E-state index in [1.54, 1.807) is 36.2 Å². The zero-order valence-electron chi connectivity index (χ0n) is 20.0. The van der Waals surface area contributed by atoms with E-state index in [1.165, 1.54) is 38.0 Å². The Morgan fingerprint density at radius 3 is 2.28 bits per heavy atom. The van der Waals surface area contributed by atoms with E-state index in [0.717, 1.165) is 24.3 Å². The Hall–Kier alpha value is -2.89. The van der Waals surface area contributed by atoms with Crippen molar-refractivity contribution in [1.29, 1.82) is 0 Å². The summed E-state index contributed by atoms with van der Waals surface area (Å²) in [4.78, 5) is 15.6. The number of amides is 2. The molecule has 0 spiro atoms. The first kappa shape index (κ1) is 25.4. The first-order valence-corrected chi connectivity index (χ1v) is 11.7. The predicted molar refractivity (Wildman–Crippen MR) is 132 cm³/mol. The zero-order chi connectivity index (χ0) is 23.3. The quantitative estimate of drug-likeness (QED) is 0.525. The predicted octanol–water partition coefficient (Wildman–Crippen LogP) is 5.58. The van der Waals surface area contributed by atoms with Crippen LogP contribution < -0.4 is 15.0 Å². The number of benzene rings is 2. The monoisotopic (exact) mass is 441 g/mol. The molecular weight excluding hydrogens is 402 g/mol. The minimum atomic E-state index is -0.0944. The summed E-state index contributed by atoms with van der Waals surface area (Å²) >= 11 is 0. The lowest BCUT2D eigenvalue weighted by Gasteiger charge is -2.20. The molecule has 6 nitrogen and oxygen atoms in total. The van der Waals surface area contributed by atoms with Crippen molar-refractivity contribution >= 4 is 11.7 Å². The molecule has 0 aliphatic carbocycles. The standard InChI is InChI=1S/C14H21NO.C12H18N2O2/c1-2-3-12-16-14-8-6-13(7-9-14)15-10-4-5-11-15;1-4-14(3)12(16)13-9(2)10-5-7-11(15)8-6-10/h6-9H,2-5,10-12H2,1H3;5-9,15H,4H2,1-3H3,(H,13,16). The van der Waals surface area contributed by atoms with Crippen LogP contribution in [-0.2, 0) is 0 Å². The maximum absolute atomic E-state index is 11.6. The van der Waals surface area contributed by atoms with Crippen molar-refractivity contribution in [3.63, 3.8) is 0 Å². The van der Waals surface area contributed by atoms with Gasteiger partial charge in [0, 0.05) is 32.4 Å². The van der Waals surface area contributed by atoms with Gasteiger partial charge in [-0.15, -0.1) is 0 Å². The maximum Gasteiger partial charge on any atom is 0.317 e. The fraction of sp³-hybridized carbons (Fsp3) is 0.500. The van der Waals surface area contributed by atoms with Crippen LogP contribution in [-0.4, -0.2) is 49.3 Å². The van der Waals surface area contributed by atoms with Crippen molar-refractivity contribution in [3.8, 4) is 11.5 Å². The topological polar surface area (TPSA) is 65.0 Å². The number of carbonyl (C=O) groups excluding carboxylic acids is 1. The molecule has 1 fully saturated rings. The number of rotatable bonds is 8. The van der Waals surface area contributed by atoms with Gasteiger partial charge in [0.25, 0.3) is 0 Å². The highest BCUT2D eigenvalue weighted by molar-refractivity contribution is 5.74. The molecule has 0 aromatic heterocycles. The Morgan fingerprint density at radius 2 is 1.72 bits per heavy atom. The first-order valence-electron chi connectivity index (χ1n) is 11.7. The van der Waals surface area contributed by atoms with E-state index in [4.69, 9.17) is 9.84 Å². The van der Waals surface area contributed by atoms with Gasteiger partial charge in [0.15, 0.2) is 0 Å². The number of hydrogen-bond donors (Lipinski definition) is 2. The van der Waals surface area contributed by atoms with Gasteiger partial charge in [-0.25, -0.2) is 4.79 Å². The Kier molecular flexibility index (Phi) is 10.7. The number of hydrogen-bond acceptors (Lipinski definition) is 4. The number of unbranched alkanes of at least 4 members (excludes halogenated alkanes) is 1. The first-order chi connectivity index (χ1) is 15.4. The van der Waals surface area contributed by atoms with E-state index < -0.39 is 0 Å². The highest BCUT2D eigenvalue weighted by Gasteiger charge is 2.12. The van der Waals surface area contributed by atoms with Crippen molar-refractivity contribution < 1.29 is 14.6 Å². The lowest BCUT2D eigenvalue weighted by atomic mass is 10.1. The average molecular weight is 442 g/mol. The van der Waals surface area contributed by atoms with Gasteiger partial charge in [0.05, 0.1) is 12.6 Å². The van der Waals surface area contributed by atoms with Gasteiger partial charge in [-0.1, -0.05) is 25.5 Å². The van der Waals surface area contributed by atoms with Crippen LogP contribution in [0.2, 0.25) is 0 Å². The third kappa shape index (κ3) is 8.33. The summed E-state index contributed by atoms with van der Waals surface area (Å²) in [6.07, 6.45) is 4.98. The highest BCUT2D eigenvalue weighted by Crippen LogP contribution is 2.23. The molecule has 2 N–H and O–H groups in total. The Labute approximate surface area is 193 Å². The fourth-order valence-electron chi connectivity index (χ4n) is 3.35. The van der Waals surface area contributed by atoms with Crippen LogP contribution in [0.1, 0.15) is 58.1 Å². The number of aromatic hydroxyl groups is 1. The van der Waals surface area contributed by atoms with Gasteiger partial charge < -0.3 is 25.0 Å². The molecule has 0 bridgehead atoms. The van der Waals surface area contributed by atoms with Crippen molar-refractivity contribution in [1.82, 2.24) is 10.2 Å². The van der Waals surface area contributed by atoms with Crippen molar-refractivity contribution in [2.45, 2.75) is 52.5 Å². The fourth-order valence-corrected chi connectivity index (χ4v) is 3.35. The molecule has 6 heteroatoms. The molecule has 32 heavy (non-hydrogen) atoms. The molecule has 176 valence electrons. The van der Waals surface area contributed by atoms with Crippen LogP contribution >= 0.6 is 0 Å². The van der Waals surface area contributed by atoms with Crippen molar-refractivity contribution in [3.05, 3.63) is 54.1 Å². The molecule has 0 saturated carbocycles. The number of carbonyl (C=O) groups is 1. The second-order valence-electron chi connectivity index (χ2n) is 8.17. The second-order valence-corrected chi connectivity index (χ2v) is 8.17. The molecule has 1 saturated heterocycles. The SMILES string of the molecule is CCCCOc1ccc(N2CCCC2)cc1.CCN(C)C(=O)NC(C)c1ccc(O)cc1. The van der Waals surface area contributed by atoms with Crippen LogP contribution in [0.3, 0.4) is 0 Å². The lowest BCUT2D eigenvalue weighted by Crippen LogP contribution is -2.38. The summed E-state index contributed by atoms with van der Waals surface area (Å²) in [7, 11) is 1.75. The second kappa shape index (κ2) is 13.5. The smallest absolute Gasteiger partial charge is 0.317 e. The molecule has 1 unspecified atom stereocenters. The number of ether oxygens (including phenoxy) is 1. The summed E-state index contributed by atoms with van der Waals surface area (Å²) in [5.74, 6) is 1.23. The molecule has 2 amide bonds. The number of nitrogens with one attached hydrogen (secondary N) is 1. The molecule has 0 radical (unpaired) electrons. The minimum Gasteiger partial charge on any atom is -0.508 e. The minimum absolute atomic E-state index is 0.0675. The number of phenols is 1. The van der Waals surface area contributed by atoms with Gasteiger partial charge in [-0.05, 0) is 75.1 Å². The van der Waals surface area contributed by atoms with Gasteiger partial charge in [0.2, 0.25) is 0 Å². The number of urea groups is 1. The summed E-state index contributed by atoms with van der Waals surface area (Å²) < 4.78 is 5.65. The molecule has 1 aliphatic heterocycles. The van der Waals surface area contributed by atoms with Gasteiger partial charge in [-0.3, -0.25) is 0 Å². The lowest BCUT2D eigenvalue weighted by molar-refractivity contribution is 0.208. The number of nitrogens with zero attached hydrogens (tertiary/aromatic N) is 2. The van der Waals surface area contributed by atoms with Crippen LogP contribution in [0.15, 0.2) is 48.5 Å². The maximum atomic E-state index is 11.6. The summed E-state index contributed by atoms with van der Waals surface area (Å²) in [5.41, 5.74) is 2.30. The molecule has 2 aromatic carbocycles. The van der Waals surface area contributed by atoms with Gasteiger partial charge in [-0.2, -0.15) is 0 Å². The zero-order valence-corrected chi connectivity index (χ0v) is 20.0. The van der Waals surface area contributed by atoms with Gasteiger partial charge in [0.1, 0.15) is 11.5 Å². The highest BCUT2D eigenvalue weighted by atomic mass is 16.5. The van der Waals surface area contributed by atoms with Crippen LogP contribution in [0.5, 0.6) is 11.5 Å². The third-order valence-electron chi connectivity index (χ3n) is 5.63. The molecule has 3 rings (SSSR count). The van der Waals surface area contributed by atoms with Crippen LogP contribution in [0.4, 0.5) is 10.5 Å². The summed E-state index contributed by atoms with van der Waals surface area (Å²) in [6.45, 7) is 9.93. The van der Waals surface area contributed by atoms with E-state index in [-0.39, 0.29) is 17.8 Å². The van der Waals surface area contributed by atoms with E-state index in [2.05, 4.69) is 41.4 Å². The molecule has 1 aliphatic rings. The largest absolute Gasteiger partial charge is 0.508 e. The molecule has 2 aromatic rings. The third-order valence-corrected chi connectivity index (χ3v) is 5.63. The van der Waals surface area contributed by atoms with E-state index >= 15 is 0 Å². The molecule has 1 heterocycles. The number of phenolic OH excluding ortho intramolecular Hbond substituents is 1. The number of anilines is 1. The molecule has 1 atom stereocenters. The van der Waals surface area contributed by atoms with Crippen molar-refractivity contribution in [2.24, 2.45) is 0 Å². The average Bonchev–Trinajstić information content (AvgIpc) is 3.35. The Bertz CT molecular complexity index is 787. The summed E-state index contributed by atoms with van der Waals surface area (Å²) in [6, 6.07) is 15.2. The normalized spacial score (nSPS) is 13.7. The van der Waals surface area contributed by atoms with E-state index in [1.807, 2.05) is 13.8 Å². The van der Waals surface area contributed by atoms with E-state index in [9.17, 15) is 4.79 Å². The molecular formula is C26H39N3O3. The Morgan fingerprint density at radius 1 is 1.09 bits per heavy atom. The van der Waals surface area contributed by atoms with Crippen LogP contribution in [0, 0.1) is 0 Å². The van der Waals surface area contributed by atoms with E-state index in [0.29, 0.717) is 6.54 Å². The van der Waals surface area contributed by atoms with Crippen LogP contribution in [0.25, 0.3) is 0 Å². The van der Waals surface area contributed by atoms with Gasteiger partial charge >= 0.3 is 6.03 Å².